The monoisotopic (exact) mass is 371 g/mol. The second kappa shape index (κ2) is 7.13. The molecule has 1 aromatic carbocycles. The number of nitrogens with zero attached hydrogens (tertiary/aromatic N) is 2. The largest absolute Gasteiger partial charge is 0.493 e. The predicted octanol–water partition coefficient (Wildman–Crippen LogP) is 1.98. The fourth-order valence-corrected chi connectivity index (χ4v) is 3.36. The van der Waals surface area contributed by atoms with Gasteiger partial charge in [-0.3, -0.25) is 9.36 Å². The van der Waals surface area contributed by atoms with Gasteiger partial charge in [0.1, 0.15) is 17.6 Å². The van der Waals surface area contributed by atoms with Gasteiger partial charge in [-0.1, -0.05) is 6.82 Å². The average molecular weight is 371 g/mol. The van der Waals surface area contributed by atoms with Crippen LogP contribution in [0.2, 0.25) is 6.82 Å². The Morgan fingerprint density at radius 3 is 2.73 bits per heavy atom. The molecule has 8 heteroatoms. The summed E-state index contributed by atoms with van der Waals surface area (Å²) in [5.41, 5.74) is 0.247. The smallest absolute Gasteiger partial charge is 0.275 e. The number of hydrogen-bond acceptors (Lipinski definition) is 6. The van der Waals surface area contributed by atoms with E-state index in [1.165, 1.54) is 29.3 Å². The molecule has 0 atom stereocenters. The maximum absolute atomic E-state index is 12.8. The fraction of sp³-hybridized carbons (Fsp3) is 0.333. The molecule has 0 bridgehead atoms. The minimum atomic E-state index is -0.956. The third kappa shape index (κ3) is 3.76. The molecule has 3 rings (SSSR count). The van der Waals surface area contributed by atoms with Gasteiger partial charge in [0.05, 0.1) is 23.9 Å². The summed E-state index contributed by atoms with van der Waals surface area (Å²) in [5.74, 6) is 0.979. The number of fused-ring (bicyclic) bond motifs is 1. The summed E-state index contributed by atoms with van der Waals surface area (Å²) in [4.78, 5) is 17.2. The summed E-state index contributed by atoms with van der Waals surface area (Å²) in [6.07, 6.45) is 1.52. The lowest BCUT2D eigenvalue weighted by molar-refractivity contribution is 0.0276. The molecule has 0 amide bonds. The van der Waals surface area contributed by atoms with E-state index in [4.69, 9.17) is 9.47 Å². The van der Waals surface area contributed by atoms with E-state index in [9.17, 15) is 9.90 Å². The van der Waals surface area contributed by atoms with Crippen molar-refractivity contribution in [3.8, 4) is 17.2 Å². The lowest BCUT2D eigenvalue weighted by atomic mass is 9.81. The standard InChI is InChI=1S/C18H20BN2O4S/c1-18(2,23)9-25-13-6-5-11(7-14(13)24-4)21-10-20-12-8-15(19-3)26-16(12)17(21)22/h5-8,10,23H,9H2,1-4H3. The van der Waals surface area contributed by atoms with Crippen LogP contribution in [-0.2, 0) is 0 Å². The van der Waals surface area contributed by atoms with E-state index in [-0.39, 0.29) is 12.2 Å². The first-order chi connectivity index (χ1) is 12.3. The Morgan fingerprint density at radius 2 is 2.08 bits per heavy atom. The summed E-state index contributed by atoms with van der Waals surface area (Å²) in [6.45, 7) is 5.39. The molecule has 3 aromatic rings. The summed E-state index contributed by atoms with van der Waals surface area (Å²) in [5, 5.41) is 9.81. The molecule has 0 aliphatic heterocycles. The van der Waals surface area contributed by atoms with Crippen LogP contribution in [0.25, 0.3) is 15.9 Å². The normalized spacial score (nSPS) is 11.6. The number of hydrogen-bond donors (Lipinski definition) is 1. The summed E-state index contributed by atoms with van der Waals surface area (Å²) in [6, 6.07) is 7.10. The molecule has 0 saturated heterocycles. The van der Waals surface area contributed by atoms with E-state index in [0.717, 1.165) is 4.78 Å². The first-order valence-corrected chi connectivity index (χ1v) is 8.98. The van der Waals surface area contributed by atoms with Gasteiger partial charge in [-0.25, -0.2) is 4.98 Å². The van der Waals surface area contributed by atoms with Crippen molar-refractivity contribution in [2.45, 2.75) is 26.3 Å². The van der Waals surface area contributed by atoms with Gasteiger partial charge < -0.3 is 14.6 Å². The van der Waals surface area contributed by atoms with Crippen molar-refractivity contribution in [3.05, 3.63) is 40.9 Å². The zero-order chi connectivity index (χ0) is 18.9. The van der Waals surface area contributed by atoms with Crippen LogP contribution in [0.3, 0.4) is 0 Å². The van der Waals surface area contributed by atoms with Crippen LogP contribution in [-0.4, -0.2) is 41.3 Å². The molecule has 0 aliphatic rings. The second-order valence-electron chi connectivity index (χ2n) is 6.51. The van der Waals surface area contributed by atoms with E-state index in [1.807, 2.05) is 20.2 Å². The maximum atomic E-state index is 12.8. The molecular weight excluding hydrogens is 351 g/mol. The minimum absolute atomic E-state index is 0.125. The van der Waals surface area contributed by atoms with Crippen molar-refractivity contribution in [3.63, 3.8) is 0 Å². The lowest BCUT2D eigenvalue weighted by Gasteiger charge is -2.19. The summed E-state index contributed by atoms with van der Waals surface area (Å²) >= 11 is 1.42. The third-order valence-corrected chi connectivity index (χ3v) is 4.92. The third-order valence-electron chi connectivity index (χ3n) is 3.75. The van der Waals surface area contributed by atoms with Gasteiger partial charge in [0, 0.05) is 6.07 Å². The molecule has 0 saturated carbocycles. The molecule has 0 spiro atoms. The van der Waals surface area contributed by atoms with Crippen molar-refractivity contribution < 1.29 is 14.6 Å². The quantitative estimate of drug-likeness (QED) is 0.671. The zero-order valence-electron chi connectivity index (χ0n) is 15.1. The van der Waals surface area contributed by atoms with E-state index < -0.39 is 5.60 Å². The van der Waals surface area contributed by atoms with Gasteiger partial charge in [0.15, 0.2) is 18.8 Å². The molecule has 2 heterocycles. The first kappa shape index (κ1) is 18.5. The van der Waals surface area contributed by atoms with Gasteiger partial charge >= 0.3 is 0 Å². The Kier molecular flexibility index (Phi) is 5.07. The summed E-state index contributed by atoms with van der Waals surface area (Å²) in [7, 11) is 3.48. The highest BCUT2D eigenvalue weighted by atomic mass is 32.1. The van der Waals surface area contributed by atoms with Gasteiger partial charge in [-0.05, 0) is 36.8 Å². The van der Waals surface area contributed by atoms with Gasteiger partial charge in [0.25, 0.3) is 5.56 Å². The molecule has 26 heavy (non-hydrogen) atoms. The first-order valence-electron chi connectivity index (χ1n) is 8.16. The van der Waals surface area contributed by atoms with E-state index >= 15 is 0 Å². The second-order valence-corrected chi connectivity index (χ2v) is 7.59. The highest BCUT2D eigenvalue weighted by molar-refractivity contribution is 7.27. The number of aromatic nitrogens is 2. The van der Waals surface area contributed by atoms with Crippen LogP contribution in [0.5, 0.6) is 11.5 Å². The topological polar surface area (TPSA) is 73.6 Å². The molecule has 0 unspecified atom stereocenters. The summed E-state index contributed by atoms with van der Waals surface area (Å²) < 4.78 is 14.1. The van der Waals surface area contributed by atoms with Crippen LogP contribution in [0.4, 0.5) is 0 Å². The Hall–Kier alpha value is -2.32. The Morgan fingerprint density at radius 1 is 1.31 bits per heavy atom. The van der Waals surface area contributed by atoms with Crippen molar-refractivity contribution in [2.24, 2.45) is 0 Å². The van der Waals surface area contributed by atoms with Gasteiger partial charge in [-0.2, -0.15) is 0 Å². The molecule has 1 radical (unpaired) electrons. The number of ether oxygens (including phenoxy) is 2. The van der Waals surface area contributed by atoms with Crippen molar-refractivity contribution in [1.82, 2.24) is 9.55 Å². The van der Waals surface area contributed by atoms with Crippen LogP contribution >= 0.6 is 11.3 Å². The molecule has 0 fully saturated rings. The fourth-order valence-electron chi connectivity index (χ4n) is 2.44. The number of aliphatic hydroxyl groups is 1. The molecule has 2 aromatic heterocycles. The molecule has 1 N–H and O–H groups in total. The van der Waals surface area contributed by atoms with Crippen molar-refractivity contribution >= 4 is 33.6 Å². The van der Waals surface area contributed by atoms with E-state index in [1.54, 1.807) is 32.0 Å². The zero-order valence-corrected chi connectivity index (χ0v) is 16.0. The SMILES string of the molecule is C[B]c1cc2ncn(-c3ccc(OCC(C)(C)O)c(OC)c3)c(=O)c2s1. The van der Waals surface area contributed by atoms with Crippen LogP contribution in [0.15, 0.2) is 35.4 Å². The number of methoxy groups -OCH3 is 1. The molecule has 0 aliphatic carbocycles. The van der Waals surface area contributed by atoms with Gasteiger partial charge in [-0.15, -0.1) is 11.3 Å². The predicted molar refractivity (Wildman–Crippen MR) is 105 cm³/mol. The number of benzene rings is 1. The van der Waals surface area contributed by atoms with Crippen LogP contribution < -0.4 is 19.8 Å². The van der Waals surface area contributed by atoms with Crippen molar-refractivity contribution in [1.29, 1.82) is 0 Å². The Balaban J connectivity index is 2.00. The molecular formula is C18H20BN2O4S. The van der Waals surface area contributed by atoms with E-state index in [2.05, 4.69) is 4.98 Å². The Labute approximate surface area is 156 Å². The van der Waals surface area contributed by atoms with Crippen molar-refractivity contribution in [2.75, 3.05) is 13.7 Å². The number of rotatable bonds is 6. The van der Waals surface area contributed by atoms with E-state index in [0.29, 0.717) is 27.4 Å². The Bertz CT molecular complexity index is 991. The minimum Gasteiger partial charge on any atom is -0.493 e. The van der Waals surface area contributed by atoms with Gasteiger partial charge in [0.2, 0.25) is 0 Å². The van der Waals surface area contributed by atoms with Crippen LogP contribution in [0, 0.1) is 0 Å². The highest BCUT2D eigenvalue weighted by Gasteiger charge is 2.16. The van der Waals surface area contributed by atoms with Crippen LogP contribution in [0.1, 0.15) is 13.8 Å². The number of thiophene rings is 1. The molecule has 135 valence electrons. The average Bonchev–Trinajstić information content (AvgIpc) is 3.04. The highest BCUT2D eigenvalue weighted by Crippen LogP contribution is 2.30. The lowest BCUT2D eigenvalue weighted by Crippen LogP contribution is -2.28. The molecule has 6 nitrogen and oxygen atoms in total. The maximum Gasteiger partial charge on any atom is 0.275 e.